The van der Waals surface area contributed by atoms with Gasteiger partial charge in [-0.25, -0.2) is 13.2 Å². The van der Waals surface area contributed by atoms with Crippen LogP contribution in [0.1, 0.15) is 10.4 Å². The average Bonchev–Trinajstić information content (AvgIpc) is 2.35. The highest BCUT2D eigenvalue weighted by molar-refractivity contribution is 14.1. The Kier molecular flexibility index (Phi) is 6.50. The van der Waals surface area contributed by atoms with E-state index in [-0.39, 0.29) is 17.8 Å². The van der Waals surface area contributed by atoms with E-state index < -0.39 is 16.1 Å². The number of rotatable bonds is 3. The molecule has 0 spiro atoms. The van der Waals surface area contributed by atoms with Crippen molar-refractivity contribution in [1.82, 2.24) is 0 Å². The molecule has 0 amide bonds. The van der Waals surface area contributed by atoms with E-state index in [0.717, 1.165) is 4.47 Å². The molecule has 122 valence electrons. The molecule has 0 fully saturated rings. The van der Waals surface area contributed by atoms with Gasteiger partial charge in [0.05, 0.1) is 10.5 Å². The van der Waals surface area contributed by atoms with E-state index >= 15 is 0 Å². The minimum atomic E-state index is -4.59. The van der Waals surface area contributed by atoms with Crippen molar-refractivity contribution in [3.05, 3.63) is 52.0 Å². The summed E-state index contributed by atoms with van der Waals surface area (Å²) in [6, 6.07) is 7.65. The van der Waals surface area contributed by atoms with Crippen LogP contribution >= 0.6 is 77.0 Å². The molecule has 10 heteroatoms. The molecule has 5 nitrogen and oxygen atoms in total. The fourth-order valence-corrected chi connectivity index (χ4v) is 6.78. The molecular weight excluding hydrogens is 682 g/mol. The van der Waals surface area contributed by atoms with Crippen molar-refractivity contribution in [3.63, 3.8) is 0 Å². The molecule has 23 heavy (non-hydrogen) atoms. The molecule has 0 saturated carbocycles. The van der Waals surface area contributed by atoms with Gasteiger partial charge in [-0.3, -0.25) is 0 Å². The normalized spacial score (nSPS) is 11.3. The third-order valence-electron chi connectivity index (χ3n) is 2.58. The number of esters is 1. The van der Waals surface area contributed by atoms with Gasteiger partial charge in [0.25, 0.3) is 0 Å². The van der Waals surface area contributed by atoms with Gasteiger partial charge in [0.15, 0.2) is 0 Å². The quantitative estimate of drug-likeness (QED) is 0.205. The SMILES string of the molecule is O=C(Oc1cc(I)c(S(=O)(=O)[O-])c(I)c1)c1ccc(Br)cc1Br. The minimum absolute atomic E-state index is 0.158. The van der Waals surface area contributed by atoms with Crippen LogP contribution in [0, 0.1) is 7.14 Å². The second kappa shape index (κ2) is 7.64. The molecule has 0 heterocycles. The summed E-state index contributed by atoms with van der Waals surface area (Å²) >= 11 is 10.00. The molecule has 0 radical (unpaired) electrons. The number of benzene rings is 2. The van der Waals surface area contributed by atoms with Crippen molar-refractivity contribution in [2.75, 3.05) is 0 Å². The van der Waals surface area contributed by atoms with Crippen LogP contribution in [0.4, 0.5) is 0 Å². The molecule has 2 aromatic carbocycles. The standard InChI is InChI=1S/C13H6Br2I2O5S/c14-6-1-2-8(9(15)3-6)13(18)22-7-4-10(16)12(11(17)5-7)23(19,20)21/h1-5H,(H,19,20,21)/p-1. The molecule has 0 aromatic heterocycles. The summed E-state index contributed by atoms with van der Waals surface area (Å²) in [5.41, 5.74) is 0.318. The van der Waals surface area contributed by atoms with E-state index in [9.17, 15) is 17.8 Å². The van der Waals surface area contributed by atoms with Gasteiger partial charge >= 0.3 is 5.97 Å². The Labute approximate surface area is 176 Å². The number of carbonyl (C=O) groups is 1. The van der Waals surface area contributed by atoms with Crippen molar-refractivity contribution in [2.24, 2.45) is 0 Å². The summed E-state index contributed by atoms with van der Waals surface area (Å²) in [6.07, 6.45) is 0. The minimum Gasteiger partial charge on any atom is -0.744 e. The second-order valence-electron chi connectivity index (χ2n) is 4.18. The smallest absolute Gasteiger partial charge is 0.344 e. The predicted octanol–water partition coefficient (Wildman–Crippen LogP) is 4.54. The monoisotopic (exact) mass is 685 g/mol. The van der Waals surface area contributed by atoms with Gasteiger partial charge in [0.1, 0.15) is 15.9 Å². The van der Waals surface area contributed by atoms with Crippen LogP contribution in [0.25, 0.3) is 0 Å². The van der Waals surface area contributed by atoms with Crippen LogP contribution in [0.3, 0.4) is 0 Å². The second-order valence-corrected chi connectivity index (χ2v) is 9.59. The number of halogens is 4. The molecule has 2 rings (SSSR count). The molecule has 0 aliphatic heterocycles. The molecular formula is C13H5Br2I2O5S-. The lowest BCUT2D eigenvalue weighted by Crippen LogP contribution is -2.11. The Morgan fingerprint density at radius 3 is 2.13 bits per heavy atom. The first-order valence-electron chi connectivity index (χ1n) is 5.72. The topological polar surface area (TPSA) is 83.5 Å². The summed E-state index contributed by atoms with van der Waals surface area (Å²) in [4.78, 5) is 11.9. The lowest BCUT2D eigenvalue weighted by Gasteiger charge is -2.13. The molecule has 2 aromatic rings. The van der Waals surface area contributed by atoms with Crippen molar-refractivity contribution < 1.29 is 22.5 Å². The van der Waals surface area contributed by atoms with Gasteiger partial charge in [-0.2, -0.15) is 0 Å². The van der Waals surface area contributed by atoms with Crippen molar-refractivity contribution in [3.8, 4) is 5.75 Å². The largest absolute Gasteiger partial charge is 0.744 e. The van der Waals surface area contributed by atoms with Gasteiger partial charge in [-0.1, -0.05) is 15.9 Å². The van der Waals surface area contributed by atoms with Gasteiger partial charge in [0, 0.05) is 16.1 Å². The van der Waals surface area contributed by atoms with Crippen LogP contribution in [-0.4, -0.2) is 18.9 Å². The van der Waals surface area contributed by atoms with Crippen LogP contribution in [0.15, 0.2) is 44.2 Å². The summed E-state index contributed by atoms with van der Waals surface area (Å²) in [5.74, 6) is -0.445. The van der Waals surface area contributed by atoms with Crippen molar-refractivity contribution >= 4 is 93.1 Å². The Hall–Kier alpha value is 0.240. The van der Waals surface area contributed by atoms with E-state index in [1.165, 1.54) is 12.1 Å². The zero-order chi connectivity index (χ0) is 17.4. The van der Waals surface area contributed by atoms with Gasteiger partial charge < -0.3 is 9.29 Å². The summed E-state index contributed by atoms with van der Waals surface area (Å²) in [5, 5.41) is 0. The average molecular weight is 687 g/mol. The Bertz CT molecular complexity index is 876. The third-order valence-corrected chi connectivity index (χ3v) is 7.11. The third kappa shape index (κ3) is 4.87. The van der Waals surface area contributed by atoms with Crippen LogP contribution in [-0.2, 0) is 10.1 Å². The van der Waals surface area contributed by atoms with Crippen molar-refractivity contribution in [1.29, 1.82) is 0 Å². The first-order chi connectivity index (χ1) is 10.6. The lowest BCUT2D eigenvalue weighted by atomic mass is 10.2. The molecule has 0 atom stereocenters. The van der Waals surface area contributed by atoms with E-state index in [1.807, 2.05) is 0 Å². The summed E-state index contributed by atoms with van der Waals surface area (Å²) < 4.78 is 40.7. The van der Waals surface area contributed by atoms with Crippen LogP contribution in [0.5, 0.6) is 5.75 Å². The Balaban J connectivity index is 2.36. The Morgan fingerprint density at radius 2 is 1.65 bits per heavy atom. The van der Waals surface area contributed by atoms with Crippen LogP contribution < -0.4 is 4.74 Å². The molecule has 0 aliphatic carbocycles. The first-order valence-corrected chi connectivity index (χ1v) is 10.9. The summed E-state index contributed by atoms with van der Waals surface area (Å²) in [7, 11) is -4.59. The molecule has 0 unspecified atom stereocenters. The number of ether oxygens (including phenoxy) is 1. The van der Waals surface area contributed by atoms with E-state index in [2.05, 4.69) is 31.9 Å². The lowest BCUT2D eigenvalue weighted by molar-refractivity contribution is 0.0733. The predicted molar refractivity (Wildman–Crippen MR) is 107 cm³/mol. The first kappa shape index (κ1) is 19.6. The number of hydrogen-bond acceptors (Lipinski definition) is 5. The number of carbonyl (C=O) groups excluding carboxylic acids is 1. The van der Waals surface area contributed by atoms with Gasteiger partial charge in [-0.05, 0) is 91.4 Å². The fraction of sp³-hybridized carbons (Fsp3) is 0. The maximum absolute atomic E-state index is 12.2. The highest BCUT2D eigenvalue weighted by Crippen LogP contribution is 2.30. The maximum atomic E-state index is 12.2. The van der Waals surface area contributed by atoms with Crippen molar-refractivity contribution in [2.45, 2.75) is 4.90 Å². The molecule has 0 bridgehead atoms. The highest BCUT2D eigenvalue weighted by Gasteiger charge is 2.17. The van der Waals surface area contributed by atoms with Crippen LogP contribution in [0.2, 0.25) is 0 Å². The molecule has 0 N–H and O–H groups in total. The Morgan fingerprint density at radius 1 is 1.09 bits per heavy atom. The molecule has 0 saturated heterocycles. The molecule has 0 aliphatic rings. The zero-order valence-electron chi connectivity index (χ0n) is 10.8. The fourth-order valence-electron chi connectivity index (χ4n) is 1.65. The van der Waals surface area contributed by atoms with Gasteiger partial charge in [-0.15, -0.1) is 0 Å². The van der Waals surface area contributed by atoms with E-state index in [0.29, 0.717) is 10.0 Å². The van der Waals surface area contributed by atoms with E-state index in [1.54, 1.807) is 63.4 Å². The zero-order valence-corrected chi connectivity index (χ0v) is 19.2. The summed E-state index contributed by atoms with van der Waals surface area (Å²) in [6.45, 7) is 0. The van der Waals surface area contributed by atoms with E-state index in [4.69, 9.17) is 4.74 Å². The number of hydrogen-bond donors (Lipinski definition) is 0. The highest BCUT2D eigenvalue weighted by atomic mass is 127. The maximum Gasteiger partial charge on any atom is 0.344 e. The van der Waals surface area contributed by atoms with Gasteiger partial charge in [0.2, 0.25) is 0 Å².